The van der Waals surface area contributed by atoms with Gasteiger partial charge >= 0.3 is 0 Å². The van der Waals surface area contributed by atoms with Crippen LogP contribution in [0.5, 0.6) is 5.75 Å². The van der Waals surface area contributed by atoms with Crippen LogP contribution < -0.4 is 20.7 Å². The van der Waals surface area contributed by atoms with Gasteiger partial charge in [0, 0.05) is 25.6 Å². The third kappa shape index (κ3) is 5.39. The van der Waals surface area contributed by atoms with Crippen LogP contribution in [-0.2, 0) is 9.59 Å². The van der Waals surface area contributed by atoms with Gasteiger partial charge in [0.25, 0.3) is 5.91 Å². The van der Waals surface area contributed by atoms with E-state index in [0.717, 1.165) is 24.9 Å². The first-order chi connectivity index (χ1) is 11.2. The smallest absolute Gasteiger partial charge is 0.265 e. The van der Waals surface area contributed by atoms with Crippen molar-refractivity contribution in [3.05, 3.63) is 24.3 Å². The van der Waals surface area contributed by atoms with E-state index in [0.29, 0.717) is 18.8 Å². The molecule has 1 aliphatic rings. The zero-order valence-corrected chi connectivity index (χ0v) is 14.8. The number of halogens is 1. The van der Waals surface area contributed by atoms with Crippen LogP contribution in [0.4, 0.5) is 5.69 Å². The number of rotatable bonds is 8. The van der Waals surface area contributed by atoms with Crippen LogP contribution in [0.1, 0.15) is 32.6 Å². The molecule has 6 nitrogen and oxygen atoms in total. The number of benzene rings is 1. The lowest BCUT2D eigenvalue weighted by molar-refractivity contribution is -0.122. The van der Waals surface area contributed by atoms with E-state index in [9.17, 15) is 9.59 Å². The number of anilines is 1. The summed E-state index contributed by atoms with van der Waals surface area (Å²) in [7, 11) is 0. The van der Waals surface area contributed by atoms with Crippen molar-refractivity contribution in [2.45, 2.75) is 38.6 Å². The lowest BCUT2D eigenvalue weighted by atomic mass is 10.1. The second-order valence-electron chi connectivity index (χ2n) is 5.69. The monoisotopic (exact) mass is 355 g/mol. The van der Waals surface area contributed by atoms with Gasteiger partial charge in [-0.05, 0) is 18.6 Å². The molecule has 1 unspecified atom stereocenters. The molecule has 0 radical (unpaired) electrons. The highest BCUT2D eigenvalue weighted by Crippen LogP contribution is 2.31. The highest BCUT2D eigenvalue weighted by molar-refractivity contribution is 5.98. The molecule has 3 N–H and O–H groups in total. The van der Waals surface area contributed by atoms with Crippen molar-refractivity contribution >= 4 is 29.9 Å². The first kappa shape index (κ1) is 20.3. The predicted octanol–water partition coefficient (Wildman–Crippen LogP) is 1.86. The van der Waals surface area contributed by atoms with Crippen molar-refractivity contribution in [3.63, 3.8) is 0 Å². The fourth-order valence-corrected chi connectivity index (χ4v) is 2.61. The maximum atomic E-state index is 12.1. The SMILES string of the molecule is CCCCC(CN)NC(=O)CCN1C(=O)COc2ccccc21.Cl. The molecule has 7 heteroatoms. The second-order valence-corrected chi connectivity index (χ2v) is 5.69. The van der Waals surface area contributed by atoms with Crippen LogP contribution in [0.15, 0.2) is 24.3 Å². The van der Waals surface area contributed by atoms with Gasteiger partial charge in [-0.1, -0.05) is 31.9 Å². The average molecular weight is 356 g/mol. The number of unbranched alkanes of at least 4 members (excludes halogenated alkanes) is 1. The minimum absolute atomic E-state index is 0. The van der Waals surface area contributed by atoms with E-state index >= 15 is 0 Å². The number of nitrogens with one attached hydrogen (secondary N) is 1. The Morgan fingerprint density at radius 3 is 2.88 bits per heavy atom. The molecule has 134 valence electrons. The van der Waals surface area contributed by atoms with Crippen molar-refractivity contribution in [1.82, 2.24) is 5.32 Å². The summed E-state index contributed by atoms with van der Waals surface area (Å²) in [6, 6.07) is 7.37. The molecule has 24 heavy (non-hydrogen) atoms. The largest absolute Gasteiger partial charge is 0.482 e. The second kappa shape index (κ2) is 10.2. The summed E-state index contributed by atoms with van der Waals surface area (Å²) in [6.45, 7) is 2.90. The van der Waals surface area contributed by atoms with Gasteiger partial charge in [-0.2, -0.15) is 0 Å². The van der Waals surface area contributed by atoms with Crippen LogP contribution >= 0.6 is 12.4 Å². The molecule has 1 heterocycles. The zero-order valence-electron chi connectivity index (χ0n) is 14.0. The van der Waals surface area contributed by atoms with Crippen molar-refractivity contribution < 1.29 is 14.3 Å². The molecule has 0 fully saturated rings. The summed E-state index contributed by atoms with van der Waals surface area (Å²) in [4.78, 5) is 25.8. The summed E-state index contributed by atoms with van der Waals surface area (Å²) >= 11 is 0. The Morgan fingerprint density at radius 2 is 2.17 bits per heavy atom. The Hall–Kier alpha value is -1.79. The van der Waals surface area contributed by atoms with Crippen molar-refractivity contribution in [3.8, 4) is 5.75 Å². The average Bonchev–Trinajstić information content (AvgIpc) is 2.57. The van der Waals surface area contributed by atoms with Crippen LogP contribution in [-0.4, -0.2) is 37.6 Å². The number of nitrogens with zero attached hydrogens (tertiary/aromatic N) is 1. The van der Waals surface area contributed by atoms with Gasteiger partial charge in [0.2, 0.25) is 5.91 Å². The lowest BCUT2D eigenvalue weighted by Crippen LogP contribution is -2.44. The molecule has 1 aromatic carbocycles. The molecule has 1 aromatic rings. The number of carbonyl (C=O) groups is 2. The predicted molar refractivity (Wildman–Crippen MR) is 96.7 cm³/mol. The molecule has 0 saturated heterocycles. The number of ether oxygens (including phenoxy) is 1. The highest BCUT2D eigenvalue weighted by atomic mass is 35.5. The molecule has 0 saturated carbocycles. The summed E-state index contributed by atoms with van der Waals surface area (Å²) in [5.74, 6) is 0.474. The first-order valence-electron chi connectivity index (χ1n) is 8.17. The normalized spacial score (nSPS) is 14.2. The van der Waals surface area contributed by atoms with Crippen LogP contribution in [0, 0.1) is 0 Å². The number of nitrogens with two attached hydrogens (primary N) is 1. The van der Waals surface area contributed by atoms with Gasteiger partial charge in [0.15, 0.2) is 6.61 Å². The number of para-hydroxylation sites is 2. The number of fused-ring (bicyclic) bond motifs is 1. The van der Waals surface area contributed by atoms with E-state index in [4.69, 9.17) is 10.5 Å². The Balaban J connectivity index is 0.00000288. The maximum Gasteiger partial charge on any atom is 0.265 e. The third-order valence-electron chi connectivity index (χ3n) is 3.93. The lowest BCUT2D eigenvalue weighted by Gasteiger charge is -2.29. The van der Waals surface area contributed by atoms with Crippen LogP contribution in [0.25, 0.3) is 0 Å². The summed E-state index contributed by atoms with van der Waals surface area (Å²) < 4.78 is 5.39. The fraction of sp³-hybridized carbons (Fsp3) is 0.529. The van der Waals surface area contributed by atoms with Crippen molar-refractivity contribution in [1.29, 1.82) is 0 Å². The molecular formula is C17H26ClN3O3. The van der Waals surface area contributed by atoms with Gasteiger partial charge in [-0.25, -0.2) is 0 Å². The first-order valence-corrected chi connectivity index (χ1v) is 8.17. The van der Waals surface area contributed by atoms with Gasteiger partial charge in [0.1, 0.15) is 5.75 Å². The highest BCUT2D eigenvalue weighted by Gasteiger charge is 2.25. The van der Waals surface area contributed by atoms with E-state index in [1.165, 1.54) is 0 Å². The van der Waals surface area contributed by atoms with Crippen molar-refractivity contribution in [2.75, 3.05) is 24.6 Å². The molecule has 0 spiro atoms. The number of hydrogen-bond donors (Lipinski definition) is 2. The van der Waals surface area contributed by atoms with E-state index in [1.807, 2.05) is 24.3 Å². The van der Waals surface area contributed by atoms with Gasteiger partial charge in [0.05, 0.1) is 5.69 Å². The minimum atomic E-state index is -0.127. The summed E-state index contributed by atoms with van der Waals surface area (Å²) in [5, 5.41) is 2.95. The Morgan fingerprint density at radius 1 is 1.42 bits per heavy atom. The van der Waals surface area contributed by atoms with Gasteiger partial charge < -0.3 is 20.7 Å². The fourth-order valence-electron chi connectivity index (χ4n) is 2.61. The minimum Gasteiger partial charge on any atom is -0.482 e. The molecule has 1 aliphatic heterocycles. The molecule has 2 rings (SSSR count). The van der Waals surface area contributed by atoms with E-state index in [-0.39, 0.29) is 43.3 Å². The quantitative estimate of drug-likeness (QED) is 0.745. The van der Waals surface area contributed by atoms with E-state index < -0.39 is 0 Å². The van der Waals surface area contributed by atoms with E-state index in [2.05, 4.69) is 12.2 Å². The topological polar surface area (TPSA) is 84.7 Å². The molecule has 1 atom stereocenters. The molecule has 0 bridgehead atoms. The van der Waals surface area contributed by atoms with Gasteiger partial charge in [-0.15, -0.1) is 12.4 Å². The standard InChI is InChI=1S/C17H25N3O3.ClH/c1-2-3-6-13(11-18)19-16(21)9-10-20-14-7-4-5-8-15(14)23-12-17(20)22;/h4-5,7-8,13H,2-3,6,9-12,18H2,1H3,(H,19,21);1H. The third-order valence-corrected chi connectivity index (χ3v) is 3.93. The molecule has 0 aromatic heterocycles. The number of hydrogen-bond acceptors (Lipinski definition) is 4. The van der Waals surface area contributed by atoms with Crippen LogP contribution in [0.2, 0.25) is 0 Å². The van der Waals surface area contributed by atoms with Crippen LogP contribution in [0.3, 0.4) is 0 Å². The Labute approximate surface area is 149 Å². The number of carbonyl (C=O) groups excluding carboxylic acids is 2. The molecular weight excluding hydrogens is 330 g/mol. The van der Waals surface area contributed by atoms with Gasteiger partial charge in [-0.3, -0.25) is 9.59 Å². The zero-order chi connectivity index (χ0) is 16.7. The van der Waals surface area contributed by atoms with E-state index in [1.54, 1.807) is 4.90 Å². The Kier molecular flexibility index (Phi) is 8.57. The number of amides is 2. The maximum absolute atomic E-state index is 12.1. The Bertz CT molecular complexity index is 554. The summed E-state index contributed by atoms with van der Waals surface area (Å²) in [6.07, 6.45) is 3.25. The molecule has 0 aliphatic carbocycles. The van der Waals surface area contributed by atoms with Crippen molar-refractivity contribution in [2.24, 2.45) is 5.73 Å². The summed E-state index contributed by atoms with van der Waals surface area (Å²) in [5.41, 5.74) is 6.41. The molecule has 2 amide bonds.